The van der Waals surface area contributed by atoms with Crippen molar-refractivity contribution in [3.05, 3.63) is 51.9 Å². The smallest absolute Gasteiger partial charge is 0.137 e. The Morgan fingerprint density at radius 3 is 2.44 bits per heavy atom. The second-order valence-electron chi connectivity index (χ2n) is 4.06. The maximum absolute atomic E-state index is 5.96. The van der Waals surface area contributed by atoms with Crippen molar-refractivity contribution >= 4 is 29.0 Å². The van der Waals surface area contributed by atoms with Gasteiger partial charge in [0.15, 0.2) is 0 Å². The lowest BCUT2D eigenvalue weighted by molar-refractivity contribution is 0.868. The van der Waals surface area contributed by atoms with Gasteiger partial charge in [0, 0.05) is 16.6 Å². The lowest BCUT2D eigenvalue weighted by atomic mass is 10.1. The molecule has 0 amide bonds. The monoisotopic (exact) mass is 281 g/mol. The van der Waals surface area contributed by atoms with Crippen molar-refractivity contribution in [2.45, 2.75) is 19.9 Å². The Morgan fingerprint density at radius 2 is 1.78 bits per heavy atom. The van der Waals surface area contributed by atoms with Gasteiger partial charge in [-0.25, -0.2) is 9.97 Å². The van der Waals surface area contributed by atoms with Crippen molar-refractivity contribution in [2.24, 2.45) is 0 Å². The van der Waals surface area contributed by atoms with Gasteiger partial charge in [-0.3, -0.25) is 0 Å². The predicted molar refractivity (Wildman–Crippen MR) is 75.3 cm³/mol. The lowest BCUT2D eigenvalue weighted by Crippen LogP contribution is -2.09. The van der Waals surface area contributed by atoms with Crippen molar-refractivity contribution in [1.29, 1.82) is 0 Å². The molecule has 0 radical (unpaired) electrons. The van der Waals surface area contributed by atoms with Crippen LogP contribution in [0.5, 0.6) is 0 Å². The summed E-state index contributed by atoms with van der Waals surface area (Å²) in [5, 5.41) is 4.51. The van der Waals surface area contributed by atoms with Gasteiger partial charge in [-0.15, -0.1) is 0 Å². The summed E-state index contributed by atoms with van der Waals surface area (Å²) >= 11 is 11.8. The maximum atomic E-state index is 5.96. The van der Waals surface area contributed by atoms with Gasteiger partial charge >= 0.3 is 0 Å². The molecule has 5 heteroatoms. The fourth-order valence-electron chi connectivity index (χ4n) is 1.61. The van der Waals surface area contributed by atoms with Crippen LogP contribution in [0.15, 0.2) is 30.6 Å². The Bertz CT molecular complexity index is 540. The topological polar surface area (TPSA) is 37.8 Å². The second-order valence-corrected chi connectivity index (χ2v) is 4.85. The Balaban J connectivity index is 2.18. The average Bonchev–Trinajstić information content (AvgIpc) is 2.36. The van der Waals surface area contributed by atoms with Gasteiger partial charge in [0.2, 0.25) is 0 Å². The van der Waals surface area contributed by atoms with Crippen molar-refractivity contribution in [3.8, 4) is 0 Å². The first-order valence-electron chi connectivity index (χ1n) is 5.57. The number of nitrogens with zero attached hydrogens (tertiary/aromatic N) is 2. The summed E-state index contributed by atoms with van der Waals surface area (Å²) in [4.78, 5) is 8.12. The molecule has 0 aliphatic rings. The summed E-state index contributed by atoms with van der Waals surface area (Å²) in [5.41, 5.74) is 1.98. The van der Waals surface area contributed by atoms with Crippen molar-refractivity contribution in [3.63, 3.8) is 0 Å². The van der Waals surface area contributed by atoms with Crippen LogP contribution in [0.1, 0.15) is 24.1 Å². The van der Waals surface area contributed by atoms with E-state index in [1.807, 2.05) is 31.2 Å². The molecule has 2 aromatic rings. The zero-order valence-corrected chi connectivity index (χ0v) is 11.6. The molecule has 1 N–H and O–H groups in total. The van der Waals surface area contributed by atoms with Gasteiger partial charge in [0.05, 0.1) is 0 Å². The highest BCUT2D eigenvalue weighted by atomic mass is 35.5. The lowest BCUT2D eigenvalue weighted by Gasteiger charge is -2.16. The average molecular weight is 282 g/mol. The van der Waals surface area contributed by atoms with Crippen molar-refractivity contribution in [1.82, 2.24) is 9.97 Å². The van der Waals surface area contributed by atoms with Crippen molar-refractivity contribution in [2.75, 3.05) is 5.32 Å². The number of nitrogens with one attached hydrogen (secondary N) is 1. The van der Waals surface area contributed by atoms with E-state index in [4.69, 9.17) is 23.2 Å². The van der Waals surface area contributed by atoms with E-state index < -0.39 is 0 Å². The first-order chi connectivity index (χ1) is 8.58. The van der Waals surface area contributed by atoms with Crippen LogP contribution in [0.4, 0.5) is 5.82 Å². The number of hydrogen-bond donors (Lipinski definition) is 1. The highest BCUT2D eigenvalue weighted by Crippen LogP contribution is 2.24. The maximum Gasteiger partial charge on any atom is 0.137 e. The molecule has 0 bridgehead atoms. The first-order valence-corrected chi connectivity index (χ1v) is 6.32. The van der Waals surface area contributed by atoms with Crippen LogP contribution in [0.3, 0.4) is 0 Å². The zero-order valence-electron chi connectivity index (χ0n) is 10.1. The van der Waals surface area contributed by atoms with Crippen LogP contribution in [0, 0.1) is 6.92 Å². The van der Waals surface area contributed by atoms with Gasteiger partial charge in [-0.05, 0) is 31.5 Å². The molecule has 1 aromatic carbocycles. The van der Waals surface area contributed by atoms with Gasteiger partial charge in [-0.1, -0.05) is 35.3 Å². The summed E-state index contributed by atoms with van der Waals surface area (Å²) in [7, 11) is 0. The molecule has 2 rings (SSSR count). The number of aromatic nitrogens is 2. The van der Waals surface area contributed by atoms with Crippen LogP contribution in [0.2, 0.25) is 10.2 Å². The molecular formula is C13H13Cl2N3. The van der Waals surface area contributed by atoms with E-state index >= 15 is 0 Å². The number of rotatable bonds is 3. The fourth-order valence-corrected chi connectivity index (χ4v) is 1.87. The van der Waals surface area contributed by atoms with Crippen LogP contribution in [0.25, 0.3) is 0 Å². The Labute approximate surface area is 116 Å². The van der Waals surface area contributed by atoms with E-state index in [9.17, 15) is 0 Å². The number of anilines is 1. The summed E-state index contributed by atoms with van der Waals surface area (Å²) < 4.78 is 0. The third-order valence-electron chi connectivity index (χ3n) is 2.75. The number of benzene rings is 1. The van der Waals surface area contributed by atoms with Gasteiger partial charge in [-0.2, -0.15) is 0 Å². The molecule has 0 spiro atoms. The van der Waals surface area contributed by atoms with Gasteiger partial charge < -0.3 is 5.32 Å². The molecule has 18 heavy (non-hydrogen) atoms. The van der Waals surface area contributed by atoms with E-state index in [0.29, 0.717) is 5.15 Å². The van der Waals surface area contributed by atoms with E-state index in [2.05, 4.69) is 22.2 Å². The Kier molecular flexibility index (Phi) is 4.04. The molecule has 0 aliphatic heterocycles. The predicted octanol–water partition coefficient (Wildman–Crippen LogP) is 4.26. The van der Waals surface area contributed by atoms with E-state index in [1.54, 1.807) is 0 Å². The molecule has 1 aromatic heterocycles. The molecule has 1 unspecified atom stereocenters. The quantitative estimate of drug-likeness (QED) is 0.854. The van der Waals surface area contributed by atoms with Crippen molar-refractivity contribution < 1.29 is 0 Å². The van der Waals surface area contributed by atoms with Crippen LogP contribution < -0.4 is 5.32 Å². The normalized spacial score (nSPS) is 12.2. The molecule has 1 atom stereocenters. The third-order valence-corrected chi connectivity index (χ3v) is 3.38. The minimum Gasteiger partial charge on any atom is -0.363 e. The molecule has 3 nitrogen and oxygen atoms in total. The summed E-state index contributed by atoms with van der Waals surface area (Å²) in [6.07, 6.45) is 1.45. The minimum atomic E-state index is 0.118. The van der Waals surface area contributed by atoms with E-state index in [0.717, 1.165) is 22.0 Å². The molecule has 1 heterocycles. The van der Waals surface area contributed by atoms with Crippen LogP contribution in [-0.2, 0) is 0 Å². The molecular weight excluding hydrogens is 269 g/mol. The molecule has 0 fully saturated rings. The van der Waals surface area contributed by atoms with Gasteiger partial charge in [0.1, 0.15) is 17.3 Å². The van der Waals surface area contributed by atoms with Crippen LogP contribution in [-0.4, -0.2) is 9.97 Å². The molecule has 0 saturated carbocycles. The summed E-state index contributed by atoms with van der Waals surface area (Å²) in [5.74, 6) is 0.748. The summed E-state index contributed by atoms with van der Waals surface area (Å²) in [6.45, 7) is 3.94. The fraction of sp³-hybridized carbons (Fsp3) is 0.231. The highest BCUT2D eigenvalue weighted by Gasteiger charge is 2.09. The first kappa shape index (κ1) is 13.1. The number of hydrogen-bond acceptors (Lipinski definition) is 3. The van der Waals surface area contributed by atoms with Crippen LogP contribution >= 0.6 is 23.2 Å². The SMILES string of the molecule is Cc1c(Cl)ncnc1NC(C)c1ccc(Cl)cc1. The van der Waals surface area contributed by atoms with E-state index in [1.165, 1.54) is 6.33 Å². The minimum absolute atomic E-state index is 0.118. The highest BCUT2D eigenvalue weighted by molar-refractivity contribution is 6.30. The van der Waals surface area contributed by atoms with Gasteiger partial charge in [0.25, 0.3) is 0 Å². The largest absolute Gasteiger partial charge is 0.363 e. The Hall–Kier alpha value is -1.32. The summed E-state index contributed by atoms with van der Waals surface area (Å²) in [6, 6.07) is 7.83. The standard InChI is InChI=1S/C13H13Cl2N3/c1-8-12(15)16-7-17-13(8)18-9(2)10-3-5-11(14)6-4-10/h3-7,9H,1-2H3,(H,16,17,18). The third kappa shape index (κ3) is 2.92. The number of halogens is 2. The molecule has 0 aliphatic carbocycles. The van der Waals surface area contributed by atoms with E-state index in [-0.39, 0.29) is 6.04 Å². The molecule has 0 saturated heterocycles. The molecule has 94 valence electrons. The Morgan fingerprint density at radius 1 is 1.11 bits per heavy atom. The second kappa shape index (κ2) is 5.55. The zero-order chi connectivity index (χ0) is 13.1.